The van der Waals surface area contributed by atoms with Gasteiger partial charge in [-0.1, -0.05) is 27.2 Å². The van der Waals surface area contributed by atoms with Gasteiger partial charge in [-0.05, 0) is 37.5 Å². The molecule has 0 aliphatic heterocycles. The summed E-state index contributed by atoms with van der Waals surface area (Å²) in [6.07, 6.45) is 3.69. The molecule has 2 unspecified atom stereocenters. The predicted octanol–water partition coefficient (Wildman–Crippen LogP) is 3.28. The molecule has 0 bridgehead atoms. The molecule has 1 fully saturated rings. The third kappa shape index (κ3) is 2.55. The number of hydrogen-bond donors (Lipinski definition) is 0. The lowest BCUT2D eigenvalue weighted by Crippen LogP contribution is -2.32. The molecular formula is C12H22O. The van der Waals surface area contributed by atoms with Crippen LogP contribution in [-0.4, -0.2) is 5.78 Å². The summed E-state index contributed by atoms with van der Waals surface area (Å²) < 4.78 is 0. The Labute approximate surface area is 81.9 Å². The second-order valence-corrected chi connectivity index (χ2v) is 5.04. The van der Waals surface area contributed by atoms with E-state index in [1.807, 2.05) is 0 Å². The zero-order valence-electron chi connectivity index (χ0n) is 9.34. The van der Waals surface area contributed by atoms with E-state index >= 15 is 0 Å². The summed E-state index contributed by atoms with van der Waals surface area (Å²) in [5, 5.41) is 0. The average Bonchev–Trinajstić information content (AvgIpc) is 2.03. The maximum absolute atomic E-state index is 11.5. The van der Waals surface area contributed by atoms with E-state index in [1.54, 1.807) is 6.92 Å². The van der Waals surface area contributed by atoms with Crippen LogP contribution in [0.1, 0.15) is 47.0 Å². The van der Waals surface area contributed by atoms with Gasteiger partial charge in [-0.2, -0.15) is 0 Å². The van der Waals surface area contributed by atoms with Gasteiger partial charge in [-0.25, -0.2) is 0 Å². The Hall–Kier alpha value is -0.330. The Morgan fingerprint density at radius 3 is 2.38 bits per heavy atom. The molecule has 1 aliphatic rings. The number of carbonyl (C=O) groups is 1. The van der Waals surface area contributed by atoms with Gasteiger partial charge < -0.3 is 0 Å². The van der Waals surface area contributed by atoms with Crippen molar-refractivity contribution in [1.29, 1.82) is 0 Å². The summed E-state index contributed by atoms with van der Waals surface area (Å²) in [7, 11) is 0. The third-order valence-corrected chi connectivity index (χ3v) is 3.54. The van der Waals surface area contributed by atoms with E-state index in [2.05, 4.69) is 20.8 Å². The van der Waals surface area contributed by atoms with Crippen molar-refractivity contribution in [1.82, 2.24) is 0 Å². The summed E-state index contributed by atoms with van der Waals surface area (Å²) in [4.78, 5) is 11.5. The van der Waals surface area contributed by atoms with E-state index < -0.39 is 0 Å². The minimum Gasteiger partial charge on any atom is -0.300 e. The number of rotatable bonds is 2. The molecule has 1 aliphatic carbocycles. The molecule has 0 N–H and O–H groups in total. The molecule has 1 saturated carbocycles. The van der Waals surface area contributed by atoms with Gasteiger partial charge >= 0.3 is 0 Å². The summed E-state index contributed by atoms with van der Waals surface area (Å²) in [6.45, 7) is 8.53. The van der Waals surface area contributed by atoms with Gasteiger partial charge in [0.05, 0.1) is 0 Å². The molecule has 0 saturated heterocycles. The van der Waals surface area contributed by atoms with E-state index in [0.29, 0.717) is 23.5 Å². The van der Waals surface area contributed by atoms with Crippen molar-refractivity contribution >= 4 is 5.78 Å². The van der Waals surface area contributed by atoms with Crippen LogP contribution in [0.25, 0.3) is 0 Å². The smallest absolute Gasteiger partial charge is 0.133 e. The molecule has 0 spiro atoms. The monoisotopic (exact) mass is 182 g/mol. The zero-order valence-corrected chi connectivity index (χ0v) is 9.34. The molecule has 1 rings (SSSR count). The predicted molar refractivity (Wildman–Crippen MR) is 55.5 cm³/mol. The Bertz CT molecular complexity index is 184. The second kappa shape index (κ2) is 4.26. The first kappa shape index (κ1) is 10.7. The van der Waals surface area contributed by atoms with Crippen molar-refractivity contribution in [3.05, 3.63) is 0 Å². The molecule has 13 heavy (non-hydrogen) atoms. The third-order valence-electron chi connectivity index (χ3n) is 3.54. The van der Waals surface area contributed by atoms with Crippen LogP contribution in [0.3, 0.4) is 0 Å². The average molecular weight is 182 g/mol. The van der Waals surface area contributed by atoms with E-state index in [1.165, 1.54) is 12.8 Å². The van der Waals surface area contributed by atoms with Crippen LogP contribution in [0.5, 0.6) is 0 Å². The van der Waals surface area contributed by atoms with Crippen LogP contribution in [0, 0.1) is 23.7 Å². The SMILES string of the molecule is CC(=O)C1CC(C)CC[C@H]1C(C)C. The highest BCUT2D eigenvalue weighted by Gasteiger charge is 2.33. The van der Waals surface area contributed by atoms with Gasteiger partial charge in [-0.3, -0.25) is 4.79 Å². The first-order chi connectivity index (χ1) is 6.02. The molecule has 0 heterocycles. The fraction of sp³-hybridized carbons (Fsp3) is 0.917. The lowest BCUT2D eigenvalue weighted by molar-refractivity contribution is -0.124. The lowest BCUT2D eigenvalue weighted by atomic mass is 9.69. The lowest BCUT2D eigenvalue weighted by Gasteiger charge is -2.35. The highest BCUT2D eigenvalue weighted by molar-refractivity contribution is 5.78. The van der Waals surface area contributed by atoms with Crippen molar-refractivity contribution in [3.8, 4) is 0 Å². The fourth-order valence-corrected chi connectivity index (χ4v) is 2.67. The minimum absolute atomic E-state index is 0.351. The van der Waals surface area contributed by atoms with Crippen molar-refractivity contribution in [3.63, 3.8) is 0 Å². The molecule has 76 valence electrons. The minimum atomic E-state index is 0.351. The number of carbonyl (C=O) groups excluding carboxylic acids is 1. The maximum Gasteiger partial charge on any atom is 0.133 e. The Morgan fingerprint density at radius 2 is 1.92 bits per heavy atom. The van der Waals surface area contributed by atoms with Gasteiger partial charge in [0.2, 0.25) is 0 Å². The van der Waals surface area contributed by atoms with Gasteiger partial charge in [0.25, 0.3) is 0 Å². The number of ketones is 1. The highest BCUT2D eigenvalue weighted by atomic mass is 16.1. The number of hydrogen-bond acceptors (Lipinski definition) is 1. The van der Waals surface area contributed by atoms with Gasteiger partial charge in [0.15, 0.2) is 0 Å². The molecule has 1 nitrogen and oxygen atoms in total. The Morgan fingerprint density at radius 1 is 1.31 bits per heavy atom. The topological polar surface area (TPSA) is 17.1 Å². The van der Waals surface area contributed by atoms with Gasteiger partial charge in [0, 0.05) is 5.92 Å². The van der Waals surface area contributed by atoms with Crippen LogP contribution >= 0.6 is 0 Å². The van der Waals surface area contributed by atoms with E-state index in [4.69, 9.17) is 0 Å². The molecule has 3 atom stereocenters. The van der Waals surface area contributed by atoms with Crippen molar-refractivity contribution < 1.29 is 4.79 Å². The molecule has 0 amide bonds. The van der Waals surface area contributed by atoms with E-state index in [0.717, 1.165) is 12.3 Å². The largest absolute Gasteiger partial charge is 0.300 e. The van der Waals surface area contributed by atoms with Crippen LogP contribution in [0.4, 0.5) is 0 Å². The number of Topliss-reactive ketones (excluding diaryl/α,β-unsaturated/α-hetero) is 1. The van der Waals surface area contributed by atoms with Gasteiger partial charge in [0.1, 0.15) is 5.78 Å². The maximum atomic E-state index is 11.5. The molecule has 1 heteroatoms. The first-order valence-corrected chi connectivity index (χ1v) is 5.52. The van der Waals surface area contributed by atoms with Crippen molar-refractivity contribution in [2.24, 2.45) is 23.7 Å². The van der Waals surface area contributed by atoms with Crippen LogP contribution in [-0.2, 0) is 4.79 Å². The Balaban J connectivity index is 2.66. The summed E-state index contributed by atoms with van der Waals surface area (Å²) in [5.74, 6) is 2.83. The Kier molecular flexibility index (Phi) is 3.52. The highest BCUT2D eigenvalue weighted by Crippen LogP contribution is 2.38. The second-order valence-electron chi connectivity index (χ2n) is 5.04. The molecule has 0 aromatic carbocycles. The summed E-state index contributed by atoms with van der Waals surface area (Å²) >= 11 is 0. The molecular weight excluding hydrogens is 160 g/mol. The molecule has 0 aromatic rings. The quantitative estimate of drug-likeness (QED) is 0.640. The van der Waals surface area contributed by atoms with Gasteiger partial charge in [-0.15, -0.1) is 0 Å². The summed E-state index contributed by atoms with van der Waals surface area (Å²) in [6, 6.07) is 0. The van der Waals surface area contributed by atoms with Crippen LogP contribution in [0.15, 0.2) is 0 Å². The fourth-order valence-electron chi connectivity index (χ4n) is 2.67. The first-order valence-electron chi connectivity index (χ1n) is 5.52. The standard InChI is InChI=1S/C12H22O/c1-8(2)11-6-5-9(3)7-12(11)10(4)13/h8-9,11-12H,5-7H2,1-4H3/t9?,11-,12?/m0/s1. The van der Waals surface area contributed by atoms with Crippen LogP contribution in [0.2, 0.25) is 0 Å². The van der Waals surface area contributed by atoms with Crippen molar-refractivity contribution in [2.45, 2.75) is 47.0 Å². The van der Waals surface area contributed by atoms with E-state index in [-0.39, 0.29) is 0 Å². The normalized spacial score (nSPS) is 35.0. The van der Waals surface area contributed by atoms with Crippen molar-refractivity contribution in [2.75, 3.05) is 0 Å². The molecule has 0 aromatic heterocycles. The zero-order chi connectivity index (χ0) is 10.0. The van der Waals surface area contributed by atoms with Crippen LogP contribution < -0.4 is 0 Å². The van der Waals surface area contributed by atoms with E-state index in [9.17, 15) is 4.79 Å². The molecule has 0 radical (unpaired) electrons. The summed E-state index contributed by atoms with van der Waals surface area (Å²) in [5.41, 5.74) is 0.